The van der Waals surface area contributed by atoms with Crippen LogP contribution < -0.4 is 5.32 Å². The van der Waals surface area contributed by atoms with E-state index < -0.39 is 0 Å². The van der Waals surface area contributed by atoms with Gasteiger partial charge < -0.3 is 10.1 Å². The van der Waals surface area contributed by atoms with E-state index in [2.05, 4.69) is 35.7 Å². The highest BCUT2D eigenvalue weighted by Gasteiger charge is 2.21. The van der Waals surface area contributed by atoms with E-state index in [4.69, 9.17) is 10.00 Å². The zero-order valence-electron chi connectivity index (χ0n) is 11.8. The van der Waals surface area contributed by atoms with Crippen molar-refractivity contribution in [2.45, 2.75) is 18.5 Å². The van der Waals surface area contributed by atoms with Crippen LogP contribution in [0.5, 0.6) is 0 Å². The molecule has 3 heteroatoms. The molecule has 0 radical (unpaired) electrons. The standard InChI is InChI=1S/C18H18N2O/c19-12-14-6-8-16(9-7-14)18-13-21-11-10-17(20-18)15-4-2-1-3-5-15/h1-9,17-18,20H,10-11,13H2/t17-,18+/m0/s1. The first kappa shape index (κ1) is 13.8. The predicted octanol–water partition coefficient (Wildman–Crippen LogP) is 3.35. The fourth-order valence-electron chi connectivity index (χ4n) is 2.71. The molecule has 1 aliphatic heterocycles. The van der Waals surface area contributed by atoms with Gasteiger partial charge >= 0.3 is 0 Å². The smallest absolute Gasteiger partial charge is 0.0991 e. The van der Waals surface area contributed by atoms with E-state index in [0.717, 1.165) is 18.6 Å². The molecule has 106 valence electrons. The molecule has 0 aromatic heterocycles. The first-order valence-corrected chi connectivity index (χ1v) is 7.25. The normalized spacial score (nSPS) is 22.2. The molecule has 3 nitrogen and oxygen atoms in total. The van der Waals surface area contributed by atoms with E-state index in [1.807, 2.05) is 30.3 Å². The third kappa shape index (κ3) is 3.30. The van der Waals surface area contributed by atoms with Gasteiger partial charge in [-0.15, -0.1) is 0 Å². The van der Waals surface area contributed by atoms with Crippen molar-refractivity contribution in [2.24, 2.45) is 0 Å². The lowest BCUT2D eigenvalue weighted by Gasteiger charge is -2.22. The molecule has 0 amide bonds. The largest absolute Gasteiger partial charge is 0.379 e. The second kappa shape index (κ2) is 6.53. The van der Waals surface area contributed by atoms with Crippen LogP contribution in [0.25, 0.3) is 0 Å². The molecule has 2 aromatic carbocycles. The Morgan fingerprint density at radius 3 is 2.38 bits per heavy atom. The average molecular weight is 278 g/mol. The van der Waals surface area contributed by atoms with E-state index in [9.17, 15) is 0 Å². The number of nitrogens with zero attached hydrogens (tertiary/aromatic N) is 1. The highest BCUT2D eigenvalue weighted by Crippen LogP contribution is 2.25. The second-order valence-corrected chi connectivity index (χ2v) is 5.28. The van der Waals surface area contributed by atoms with Gasteiger partial charge in [0.15, 0.2) is 0 Å². The lowest BCUT2D eigenvalue weighted by molar-refractivity contribution is 0.131. The topological polar surface area (TPSA) is 45.0 Å². The predicted molar refractivity (Wildman–Crippen MR) is 81.7 cm³/mol. The minimum atomic E-state index is 0.158. The number of nitrogens with one attached hydrogen (secondary N) is 1. The van der Waals surface area contributed by atoms with E-state index in [0.29, 0.717) is 18.2 Å². The van der Waals surface area contributed by atoms with Gasteiger partial charge in [-0.1, -0.05) is 42.5 Å². The Morgan fingerprint density at radius 2 is 1.67 bits per heavy atom. The third-order valence-corrected chi connectivity index (χ3v) is 3.88. The molecule has 1 saturated heterocycles. The van der Waals surface area contributed by atoms with E-state index in [1.54, 1.807) is 0 Å². The molecule has 0 saturated carbocycles. The highest BCUT2D eigenvalue weighted by atomic mass is 16.5. The SMILES string of the molecule is N#Cc1ccc([C@H]2COCC[C@@H](c3ccccc3)N2)cc1. The molecule has 1 aliphatic rings. The second-order valence-electron chi connectivity index (χ2n) is 5.28. The van der Waals surface area contributed by atoms with E-state index in [-0.39, 0.29) is 6.04 Å². The van der Waals surface area contributed by atoms with E-state index >= 15 is 0 Å². The summed E-state index contributed by atoms with van der Waals surface area (Å²) in [7, 11) is 0. The Labute approximate surface area is 125 Å². The summed E-state index contributed by atoms with van der Waals surface area (Å²) < 4.78 is 5.74. The summed E-state index contributed by atoms with van der Waals surface area (Å²) in [6.45, 7) is 1.43. The molecule has 1 heterocycles. The number of nitriles is 1. The van der Waals surface area contributed by atoms with Gasteiger partial charge in [-0.3, -0.25) is 0 Å². The van der Waals surface area contributed by atoms with Gasteiger partial charge in [0.25, 0.3) is 0 Å². The maximum absolute atomic E-state index is 8.88. The quantitative estimate of drug-likeness (QED) is 0.916. The van der Waals surface area contributed by atoms with Gasteiger partial charge in [0.05, 0.1) is 24.3 Å². The zero-order chi connectivity index (χ0) is 14.5. The molecule has 2 atom stereocenters. The summed E-state index contributed by atoms with van der Waals surface area (Å²) in [5.74, 6) is 0. The van der Waals surface area contributed by atoms with Crippen molar-refractivity contribution in [1.82, 2.24) is 5.32 Å². The summed E-state index contributed by atoms with van der Waals surface area (Å²) in [4.78, 5) is 0. The van der Waals surface area contributed by atoms with E-state index in [1.165, 1.54) is 5.56 Å². The molecule has 1 fully saturated rings. The van der Waals surface area contributed by atoms with Crippen molar-refractivity contribution in [2.75, 3.05) is 13.2 Å². The maximum atomic E-state index is 8.88. The zero-order valence-corrected chi connectivity index (χ0v) is 11.8. The van der Waals surface area contributed by atoms with Crippen LogP contribution in [-0.4, -0.2) is 13.2 Å². The lowest BCUT2D eigenvalue weighted by Crippen LogP contribution is -2.26. The molecular weight excluding hydrogens is 260 g/mol. The monoisotopic (exact) mass is 278 g/mol. The lowest BCUT2D eigenvalue weighted by atomic mass is 10.0. The van der Waals surface area contributed by atoms with Crippen molar-refractivity contribution in [3.8, 4) is 6.07 Å². The van der Waals surface area contributed by atoms with Crippen LogP contribution in [0, 0.1) is 11.3 Å². The number of rotatable bonds is 2. The molecule has 0 aliphatic carbocycles. The molecule has 0 bridgehead atoms. The molecule has 3 rings (SSSR count). The summed E-state index contributed by atoms with van der Waals surface area (Å²) in [5, 5.41) is 12.6. The van der Waals surface area contributed by atoms with Gasteiger partial charge in [-0.25, -0.2) is 0 Å². The van der Waals surface area contributed by atoms with Gasteiger partial charge in [0.2, 0.25) is 0 Å². The van der Waals surface area contributed by atoms with Crippen molar-refractivity contribution >= 4 is 0 Å². The average Bonchev–Trinajstić information content (AvgIpc) is 2.82. The minimum Gasteiger partial charge on any atom is -0.379 e. The molecular formula is C18H18N2O. The maximum Gasteiger partial charge on any atom is 0.0991 e. The van der Waals surface area contributed by atoms with Crippen LogP contribution in [0.1, 0.15) is 35.2 Å². The Hall–Kier alpha value is -2.15. The Kier molecular flexibility index (Phi) is 4.30. The van der Waals surface area contributed by atoms with Crippen LogP contribution in [0.4, 0.5) is 0 Å². The summed E-state index contributed by atoms with van der Waals surface area (Å²) in [5.41, 5.74) is 3.14. The van der Waals surface area contributed by atoms with Gasteiger partial charge in [0.1, 0.15) is 0 Å². The van der Waals surface area contributed by atoms with Crippen LogP contribution in [0.2, 0.25) is 0 Å². The Balaban J connectivity index is 1.80. The molecule has 21 heavy (non-hydrogen) atoms. The van der Waals surface area contributed by atoms with Crippen LogP contribution >= 0.6 is 0 Å². The fourth-order valence-corrected chi connectivity index (χ4v) is 2.71. The summed E-state index contributed by atoms with van der Waals surface area (Å²) in [6, 6.07) is 20.8. The van der Waals surface area contributed by atoms with Gasteiger partial charge in [-0.2, -0.15) is 5.26 Å². The summed E-state index contributed by atoms with van der Waals surface area (Å²) >= 11 is 0. The first-order chi connectivity index (χ1) is 10.4. The Bertz CT molecular complexity index is 616. The van der Waals surface area contributed by atoms with Crippen LogP contribution in [0.15, 0.2) is 54.6 Å². The molecule has 0 unspecified atom stereocenters. The number of ether oxygens (including phenoxy) is 1. The van der Waals surface area contributed by atoms with Crippen molar-refractivity contribution in [3.05, 3.63) is 71.3 Å². The first-order valence-electron chi connectivity index (χ1n) is 7.25. The van der Waals surface area contributed by atoms with Crippen LogP contribution in [-0.2, 0) is 4.74 Å². The fraction of sp³-hybridized carbons (Fsp3) is 0.278. The number of benzene rings is 2. The molecule has 2 aromatic rings. The number of hydrogen-bond donors (Lipinski definition) is 1. The summed E-state index contributed by atoms with van der Waals surface area (Å²) in [6.07, 6.45) is 0.969. The van der Waals surface area contributed by atoms with Crippen LogP contribution in [0.3, 0.4) is 0 Å². The highest BCUT2D eigenvalue weighted by molar-refractivity contribution is 5.33. The number of hydrogen-bond acceptors (Lipinski definition) is 3. The molecule has 1 N–H and O–H groups in total. The van der Waals surface area contributed by atoms with Crippen molar-refractivity contribution in [1.29, 1.82) is 5.26 Å². The molecule has 0 spiro atoms. The minimum absolute atomic E-state index is 0.158. The Morgan fingerprint density at radius 1 is 0.952 bits per heavy atom. The third-order valence-electron chi connectivity index (χ3n) is 3.88. The van der Waals surface area contributed by atoms with Gasteiger partial charge in [-0.05, 0) is 29.7 Å². The van der Waals surface area contributed by atoms with Crippen molar-refractivity contribution < 1.29 is 4.74 Å². The van der Waals surface area contributed by atoms with Gasteiger partial charge in [0, 0.05) is 12.6 Å². The van der Waals surface area contributed by atoms with Crippen molar-refractivity contribution in [3.63, 3.8) is 0 Å².